The molecule has 10 heteroatoms. The Morgan fingerprint density at radius 3 is 2.10 bits per heavy atom. The molecule has 7 nitrogen and oxygen atoms in total. The molecule has 1 aliphatic heterocycles. The molecule has 1 saturated heterocycles. The normalized spacial score (nSPS) is 14.0. The van der Waals surface area contributed by atoms with E-state index in [1.54, 1.807) is 36.4 Å². The van der Waals surface area contributed by atoms with Gasteiger partial charge < -0.3 is 20.9 Å². The average Bonchev–Trinajstić information content (AvgIpc) is 2.92. The zero-order valence-corrected chi connectivity index (χ0v) is 21.3. The van der Waals surface area contributed by atoms with Crippen LogP contribution in [0.25, 0.3) is 0 Å². The molecule has 3 aromatic carbocycles. The summed E-state index contributed by atoms with van der Waals surface area (Å²) in [4.78, 5) is 39.8. The first-order valence-corrected chi connectivity index (χ1v) is 12.6. The lowest BCUT2D eigenvalue weighted by atomic mass is 9.98. The Kier molecular flexibility index (Phi) is 8.53. The standard InChI is InChI=1S/C29H29F3N4O3/c1-19-11-13-36(14-12-19)28(39)21-6-3-8-23(16-21)33-18-26(37)34-24-9-2-5-20(15-24)27(38)35-25-10-4-7-22(17-25)29(30,31)32/h2-10,15-17,19,33H,11-14,18H2,1H3,(H,34,37)(H,35,38). The third kappa shape index (κ3) is 7.59. The van der Waals surface area contributed by atoms with Crippen LogP contribution in [0.2, 0.25) is 0 Å². The van der Waals surface area contributed by atoms with Crippen molar-refractivity contribution in [3.8, 4) is 0 Å². The second-order valence-corrected chi connectivity index (χ2v) is 9.57. The summed E-state index contributed by atoms with van der Waals surface area (Å²) in [5.41, 5.74) is 0.817. The SMILES string of the molecule is CC1CCN(C(=O)c2cccc(NCC(=O)Nc3cccc(C(=O)Nc4cccc(C(F)(F)F)c4)c3)c2)CC1. The molecule has 0 bridgehead atoms. The Labute approximate surface area is 224 Å². The highest BCUT2D eigenvalue weighted by molar-refractivity contribution is 6.05. The molecule has 39 heavy (non-hydrogen) atoms. The molecule has 0 atom stereocenters. The van der Waals surface area contributed by atoms with Crippen molar-refractivity contribution in [2.45, 2.75) is 25.9 Å². The molecule has 0 spiro atoms. The number of piperidine rings is 1. The van der Waals surface area contributed by atoms with Gasteiger partial charge in [-0.15, -0.1) is 0 Å². The number of carbonyl (C=O) groups excluding carboxylic acids is 3. The number of anilines is 3. The minimum absolute atomic E-state index is 0.00372. The summed E-state index contributed by atoms with van der Waals surface area (Å²) >= 11 is 0. The molecule has 0 saturated carbocycles. The maximum Gasteiger partial charge on any atom is 0.416 e. The number of alkyl halides is 3. The largest absolute Gasteiger partial charge is 0.416 e. The fourth-order valence-electron chi connectivity index (χ4n) is 4.26. The van der Waals surface area contributed by atoms with E-state index in [9.17, 15) is 27.6 Å². The van der Waals surface area contributed by atoms with E-state index in [0.29, 0.717) is 22.9 Å². The van der Waals surface area contributed by atoms with Gasteiger partial charge in [0.2, 0.25) is 5.91 Å². The highest BCUT2D eigenvalue weighted by Crippen LogP contribution is 2.30. The van der Waals surface area contributed by atoms with Crippen molar-refractivity contribution in [1.82, 2.24) is 4.90 Å². The van der Waals surface area contributed by atoms with Crippen LogP contribution in [0.4, 0.5) is 30.2 Å². The van der Waals surface area contributed by atoms with Gasteiger partial charge in [-0.1, -0.05) is 25.1 Å². The zero-order valence-electron chi connectivity index (χ0n) is 21.3. The summed E-state index contributed by atoms with van der Waals surface area (Å²) in [5.74, 6) is -0.415. The minimum atomic E-state index is -4.53. The van der Waals surface area contributed by atoms with Crippen LogP contribution >= 0.6 is 0 Å². The third-order valence-corrected chi connectivity index (χ3v) is 6.49. The number of halogens is 3. The maximum atomic E-state index is 12.9. The number of likely N-dealkylation sites (tertiary alicyclic amines) is 1. The molecule has 3 aromatic rings. The van der Waals surface area contributed by atoms with Crippen molar-refractivity contribution >= 4 is 34.8 Å². The molecule has 1 heterocycles. The Balaban J connectivity index is 1.32. The summed E-state index contributed by atoms with van der Waals surface area (Å²) in [5, 5.41) is 8.13. The number of carbonyl (C=O) groups is 3. The Morgan fingerprint density at radius 2 is 1.41 bits per heavy atom. The predicted molar refractivity (Wildman–Crippen MR) is 144 cm³/mol. The summed E-state index contributed by atoms with van der Waals surface area (Å²) in [6.45, 7) is 3.57. The summed E-state index contributed by atoms with van der Waals surface area (Å²) in [6, 6.07) is 17.4. The summed E-state index contributed by atoms with van der Waals surface area (Å²) < 4.78 is 38.8. The van der Waals surface area contributed by atoms with Crippen LogP contribution in [0.3, 0.4) is 0 Å². The Morgan fingerprint density at radius 1 is 0.821 bits per heavy atom. The fourth-order valence-corrected chi connectivity index (χ4v) is 4.26. The van der Waals surface area contributed by atoms with E-state index in [1.165, 1.54) is 24.3 Å². The molecule has 0 radical (unpaired) electrons. The first-order chi connectivity index (χ1) is 18.6. The average molecular weight is 539 g/mol. The number of nitrogens with zero attached hydrogens (tertiary/aromatic N) is 1. The number of hydrogen-bond donors (Lipinski definition) is 3. The highest BCUT2D eigenvalue weighted by atomic mass is 19.4. The van der Waals surface area contributed by atoms with Gasteiger partial charge in [0.05, 0.1) is 12.1 Å². The predicted octanol–water partition coefficient (Wildman–Crippen LogP) is 5.88. The van der Waals surface area contributed by atoms with E-state index in [0.717, 1.165) is 38.1 Å². The number of hydrogen-bond acceptors (Lipinski definition) is 4. The molecule has 0 aliphatic carbocycles. The molecule has 3 N–H and O–H groups in total. The van der Waals surface area contributed by atoms with Gasteiger partial charge in [0, 0.05) is 41.3 Å². The van der Waals surface area contributed by atoms with Gasteiger partial charge >= 0.3 is 6.18 Å². The monoisotopic (exact) mass is 538 g/mol. The second-order valence-electron chi connectivity index (χ2n) is 9.57. The molecule has 4 rings (SSSR count). The molecule has 0 unspecified atom stereocenters. The van der Waals surface area contributed by atoms with E-state index < -0.39 is 17.6 Å². The van der Waals surface area contributed by atoms with Crippen LogP contribution in [-0.2, 0) is 11.0 Å². The van der Waals surface area contributed by atoms with Gasteiger partial charge in [-0.2, -0.15) is 13.2 Å². The summed E-state index contributed by atoms with van der Waals surface area (Å²) in [7, 11) is 0. The van der Waals surface area contributed by atoms with Crippen molar-refractivity contribution in [2.24, 2.45) is 5.92 Å². The van der Waals surface area contributed by atoms with E-state index >= 15 is 0 Å². The lowest BCUT2D eigenvalue weighted by Crippen LogP contribution is -2.37. The van der Waals surface area contributed by atoms with Crippen LogP contribution in [0.15, 0.2) is 72.8 Å². The van der Waals surface area contributed by atoms with Gasteiger partial charge in [0.1, 0.15) is 0 Å². The quantitative estimate of drug-likeness (QED) is 0.350. The van der Waals surface area contributed by atoms with Crippen molar-refractivity contribution in [3.05, 3.63) is 89.5 Å². The van der Waals surface area contributed by atoms with Crippen molar-refractivity contribution in [3.63, 3.8) is 0 Å². The van der Waals surface area contributed by atoms with Crippen molar-refractivity contribution < 1.29 is 27.6 Å². The van der Waals surface area contributed by atoms with Gasteiger partial charge in [0.25, 0.3) is 11.8 Å². The van der Waals surface area contributed by atoms with Gasteiger partial charge in [-0.3, -0.25) is 14.4 Å². The molecule has 0 aromatic heterocycles. The van der Waals surface area contributed by atoms with E-state index in [4.69, 9.17) is 0 Å². The molecule has 1 aliphatic rings. The summed E-state index contributed by atoms with van der Waals surface area (Å²) in [6.07, 6.45) is -2.56. The van der Waals surface area contributed by atoms with Crippen LogP contribution in [0, 0.1) is 5.92 Å². The Hall–Kier alpha value is -4.34. The Bertz CT molecular complexity index is 1350. The molecular formula is C29H29F3N4O3. The van der Waals surface area contributed by atoms with Gasteiger partial charge in [0.15, 0.2) is 0 Å². The first kappa shape index (κ1) is 27.7. The van der Waals surface area contributed by atoms with E-state index in [2.05, 4.69) is 22.9 Å². The van der Waals surface area contributed by atoms with Crippen molar-refractivity contribution in [2.75, 3.05) is 35.6 Å². The topological polar surface area (TPSA) is 90.5 Å². The number of nitrogens with one attached hydrogen (secondary N) is 3. The van der Waals surface area contributed by atoms with Crippen LogP contribution in [0.5, 0.6) is 0 Å². The lowest BCUT2D eigenvalue weighted by molar-refractivity contribution is -0.137. The second kappa shape index (κ2) is 12.0. The van der Waals surface area contributed by atoms with Gasteiger partial charge in [-0.05, 0) is 73.4 Å². The highest BCUT2D eigenvalue weighted by Gasteiger charge is 2.30. The van der Waals surface area contributed by atoms with Crippen LogP contribution in [0.1, 0.15) is 46.0 Å². The molecule has 204 valence electrons. The fraction of sp³-hybridized carbons (Fsp3) is 0.276. The van der Waals surface area contributed by atoms with E-state index in [1.807, 2.05) is 4.90 Å². The minimum Gasteiger partial charge on any atom is -0.376 e. The number of rotatable bonds is 7. The molecule has 3 amide bonds. The third-order valence-electron chi connectivity index (χ3n) is 6.49. The number of amides is 3. The van der Waals surface area contributed by atoms with E-state index in [-0.39, 0.29) is 29.6 Å². The van der Waals surface area contributed by atoms with Gasteiger partial charge in [-0.25, -0.2) is 0 Å². The zero-order chi connectivity index (χ0) is 28.0. The lowest BCUT2D eigenvalue weighted by Gasteiger charge is -2.30. The number of benzene rings is 3. The molecular weight excluding hydrogens is 509 g/mol. The van der Waals surface area contributed by atoms with Crippen LogP contribution in [-0.4, -0.2) is 42.3 Å². The first-order valence-electron chi connectivity index (χ1n) is 12.6. The maximum absolute atomic E-state index is 12.9. The smallest absolute Gasteiger partial charge is 0.376 e. The van der Waals surface area contributed by atoms with Crippen LogP contribution < -0.4 is 16.0 Å². The molecule has 1 fully saturated rings. The van der Waals surface area contributed by atoms with Crippen molar-refractivity contribution in [1.29, 1.82) is 0 Å².